The number of hydrogen-bond donors (Lipinski definition) is 0. The first-order valence-corrected chi connectivity index (χ1v) is 51.7. The van der Waals surface area contributed by atoms with Crippen LogP contribution in [-0.4, -0.2) is 15.0 Å². The van der Waals surface area contributed by atoms with Crippen molar-refractivity contribution in [3.63, 3.8) is 0 Å². The van der Waals surface area contributed by atoms with Crippen LogP contribution in [-0.2, 0) is 42.8 Å². The summed E-state index contributed by atoms with van der Waals surface area (Å²) in [5, 5.41) is 9.43. The van der Waals surface area contributed by atoms with Crippen molar-refractivity contribution in [1.82, 2.24) is 15.0 Å². The summed E-state index contributed by atoms with van der Waals surface area (Å²) in [7, 11) is 6.37. The zero-order valence-corrected chi connectivity index (χ0v) is 88.1. The molecular weight excluding hydrogens is 1730 g/mol. The van der Waals surface area contributed by atoms with Crippen LogP contribution in [0.4, 0.5) is 0 Å². The quantitative estimate of drug-likeness (QED) is 0.126. The molecule has 0 amide bonds. The lowest BCUT2D eigenvalue weighted by atomic mass is 9.63. The normalized spacial score (nSPS) is 14.8. The third-order valence-electron chi connectivity index (χ3n) is 32.7. The maximum atomic E-state index is 6.80. The first kappa shape index (κ1) is 93.3. The zero-order valence-electron chi connectivity index (χ0n) is 88.1. The van der Waals surface area contributed by atoms with E-state index in [-0.39, 0.29) is 32.5 Å². The van der Waals surface area contributed by atoms with Crippen LogP contribution < -0.4 is 13.7 Å². The summed E-state index contributed by atoms with van der Waals surface area (Å²) in [5.74, 6) is 1.15. The lowest BCUT2D eigenvalue weighted by Gasteiger charge is -2.41. The molecule has 0 unspecified atom stereocenters. The van der Waals surface area contributed by atoms with Crippen molar-refractivity contribution in [2.45, 2.75) is 232 Å². The second kappa shape index (κ2) is 34.0. The van der Waals surface area contributed by atoms with Crippen LogP contribution in [0.1, 0.15) is 240 Å². The summed E-state index contributed by atoms with van der Waals surface area (Å²) in [6, 6.07) is 78.4. The minimum Gasteiger partial charge on any atom is -0.455 e. The third kappa shape index (κ3) is 14.9. The first-order valence-electron chi connectivity index (χ1n) is 51.7. The summed E-state index contributed by atoms with van der Waals surface area (Å²) in [6.07, 6.45) is 17.8. The molecule has 5 aliphatic rings. The highest BCUT2D eigenvalue weighted by atomic mass is 16.3. The molecule has 0 N–H and O–H groups in total. The van der Waals surface area contributed by atoms with Gasteiger partial charge >= 0.3 is 0 Å². The number of furan rings is 4. The predicted molar refractivity (Wildman–Crippen MR) is 587 cm³/mol. The second-order valence-electron chi connectivity index (χ2n) is 46.7. The van der Waals surface area contributed by atoms with Crippen molar-refractivity contribution >= 4 is 88.0 Å². The summed E-state index contributed by atoms with van der Waals surface area (Å²) in [6.45, 7) is 52.1. The third-order valence-corrected chi connectivity index (χ3v) is 32.7. The number of rotatable bonds is 10. The average Bonchev–Trinajstić information content (AvgIpc) is 1.54. The van der Waals surface area contributed by atoms with Crippen molar-refractivity contribution in [3.05, 3.63) is 343 Å². The predicted octanol–water partition coefficient (Wildman–Crippen LogP) is 33.7. The molecule has 142 heavy (non-hydrogen) atoms. The fraction of sp³-hybridized carbons (Fsp3) is 0.318. The summed E-state index contributed by atoms with van der Waals surface area (Å²) in [4.78, 5) is 15.5. The molecule has 1 spiro atoms. The molecular formula is C132H135N6O4+3. The summed E-state index contributed by atoms with van der Waals surface area (Å²) < 4.78 is 33.4. The van der Waals surface area contributed by atoms with Gasteiger partial charge in [-0.2, -0.15) is 0 Å². The molecule has 1 fully saturated rings. The van der Waals surface area contributed by atoms with Gasteiger partial charge < -0.3 is 17.7 Å². The highest BCUT2D eigenvalue weighted by Crippen LogP contribution is 2.63. The van der Waals surface area contributed by atoms with Crippen LogP contribution in [0, 0.1) is 98.8 Å². The Morgan fingerprint density at radius 2 is 0.718 bits per heavy atom. The van der Waals surface area contributed by atoms with E-state index in [1.54, 1.807) is 0 Å². The Bertz CT molecular complexity index is 8640. The number of nitrogens with zero attached hydrogens (tertiary/aromatic N) is 6. The number of hydrogen-bond acceptors (Lipinski definition) is 7. The van der Waals surface area contributed by atoms with Crippen molar-refractivity contribution in [2.75, 3.05) is 0 Å². The average molecular weight is 1870 g/mol. The molecule has 10 heterocycles. The number of aromatic nitrogens is 6. The Morgan fingerprint density at radius 1 is 0.331 bits per heavy atom. The van der Waals surface area contributed by atoms with Crippen LogP contribution in [0.25, 0.3) is 178 Å². The van der Waals surface area contributed by atoms with Gasteiger partial charge in [-0.15, -0.1) is 0 Å². The van der Waals surface area contributed by atoms with E-state index in [0.717, 1.165) is 120 Å². The Labute approximate surface area is 837 Å². The van der Waals surface area contributed by atoms with E-state index in [2.05, 4.69) is 425 Å². The Morgan fingerprint density at radius 3 is 1.20 bits per heavy atom. The molecule has 5 aliphatic carbocycles. The Balaban J connectivity index is 0.000000109. The molecule has 25 rings (SSSR count). The van der Waals surface area contributed by atoms with Gasteiger partial charge in [-0.1, -0.05) is 254 Å². The van der Waals surface area contributed by atoms with Gasteiger partial charge in [0.25, 0.3) is 0 Å². The minimum absolute atomic E-state index is 0.0285. The number of pyridine rings is 6. The fourth-order valence-corrected chi connectivity index (χ4v) is 26.5. The molecule has 0 radical (unpaired) electrons. The lowest BCUT2D eigenvalue weighted by Crippen LogP contribution is -2.35. The lowest BCUT2D eigenvalue weighted by molar-refractivity contribution is -0.660. The maximum Gasteiger partial charge on any atom is 0.227 e. The summed E-state index contributed by atoms with van der Waals surface area (Å²) >= 11 is 0. The Hall–Kier alpha value is -13.7. The molecule has 0 aliphatic heterocycles. The van der Waals surface area contributed by atoms with Gasteiger partial charge in [-0.05, 0) is 285 Å². The molecule has 0 atom stereocenters. The van der Waals surface area contributed by atoms with E-state index in [1.165, 1.54) is 215 Å². The van der Waals surface area contributed by atoms with E-state index in [9.17, 15) is 0 Å². The number of fused-ring (bicyclic) bond motifs is 28. The van der Waals surface area contributed by atoms with Crippen molar-refractivity contribution in [2.24, 2.45) is 43.8 Å². The molecule has 20 aromatic rings. The van der Waals surface area contributed by atoms with Crippen molar-refractivity contribution in [3.8, 4) is 89.5 Å². The highest BCUT2D eigenvalue weighted by Gasteiger charge is 2.52. The standard InChI is InChI=1S/C37H43N2O.C34H35NO.C31H29N2O.C30H28NO/c1-22-15-16-26-28-18-27-25-13-11-12-14-29(25)37(20-35(4,5)6,21-36(7,8)9)33(27)38-34(28)40-32(26)31(22)30-17-23(2)24(3)19-39(30)10;1-20(2)17-34(18-21(3)4)28-13-8-7-10-24(28)25-14-15-30-31(32(25)34)27-12-9-11-26(33(27)36-30)29-16-22(5)23(6)19-35-29;1-18-11-12-22-24-16-23-21-9-5-6-10-25(21)31(13-7-8-14-31)29(23)32-30(24)34-28(22)27(18)26-15-19(2)20(3)17-33(26)4;1-17-11-12-22-27-25(32-29(22)26(17)24-15-18(2)19(3)16-31(24)6)14-13-21-20-9-7-8-10-23(20)30(4,5)28(21)27/h11-19H,20-21H2,1-10H3;7-16,19-21H,17-18H2,1-6H3;5-6,9-12,15-17H,7-8,13-14H2,1-4H3;7-16H,1-6H3/q+1;;2*+1. The van der Waals surface area contributed by atoms with Crippen LogP contribution in [0.2, 0.25) is 0 Å². The molecule has 10 aromatic heterocycles. The fourth-order valence-electron chi connectivity index (χ4n) is 26.5. The Kier molecular flexibility index (Phi) is 22.3. The zero-order chi connectivity index (χ0) is 99.5. The van der Waals surface area contributed by atoms with Gasteiger partial charge in [0.15, 0.2) is 29.8 Å². The maximum absolute atomic E-state index is 6.80. The van der Waals surface area contributed by atoms with Crippen LogP contribution in [0.5, 0.6) is 0 Å². The van der Waals surface area contributed by atoms with E-state index in [0.29, 0.717) is 11.8 Å². The van der Waals surface area contributed by atoms with Crippen molar-refractivity contribution in [1.29, 1.82) is 0 Å². The number of para-hydroxylation sites is 1. The van der Waals surface area contributed by atoms with Gasteiger partial charge in [0.05, 0.1) is 33.8 Å². The van der Waals surface area contributed by atoms with Gasteiger partial charge in [0.1, 0.15) is 43.5 Å². The molecule has 1 saturated carbocycles. The van der Waals surface area contributed by atoms with Crippen LogP contribution in [0.3, 0.4) is 0 Å². The molecule has 10 heteroatoms. The van der Waals surface area contributed by atoms with Crippen molar-refractivity contribution < 1.29 is 31.4 Å². The molecule has 0 bridgehead atoms. The molecule has 714 valence electrons. The van der Waals surface area contributed by atoms with Crippen LogP contribution in [0.15, 0.2) is 255 Å². The largest absolute Gasteiger partial charge is 0.455 e. The van der Waals surface area contributed by atoms with Gasteiger partial charge in [-0.3, -0.25) is 4.98 Å². The highest BCUT2D eigenvalue weighted by molar-refractivity contribution is 6.17. The monoisotopic (exact) mass is 1870 g/mol. The first-order chi connectivity index (χ1) is 67.7. The topological polar surface area (TPSA) is 103 Å². The van der Waals surface area contributed by atoms with Gasteiger partial charge in [-0.25, -0.2) is 23.7 Å². The molecule has 10 aromatic carbocycles. The van der Waals surface area contributed by atoms with E-state index in [4.69, 9.17) is 32.6 Å². The number of benzene rings is 10. The molecule has 0 saturated heterocycles. The van der Waals surface area contributed by atoms with Gasteiger partial charge in [0.2, 0.25) is 28.5 Å². The van der Waals surface area contributed by atoms with E-state index >= 15 is 0 Å². The second-order valence-corrected chi connectivity index (χ2v) is 46.7. The SMILES string of the molecule is Cc1cc(-c2c(C)ccc3c2oc2ccc4c(c23)C(C)(C)c2ccccc2-4)[n+](C)cc1C.Cc1cc(-c2c(C)ccc3c2oc2nc4c(cc23)-c2ccccc2C4(CC(C)(C)C)CC(C)(C)C)[n+](C)cc1C.Cc1cc(-c2c(C)ccc3c2oc2nc4c(cc23)-c2ccccc2C42CCCC2)[n+](C)cc1C.Cc1cnc(-c2cccc3c2oc2ccc4c(c23)C(CC(C)C)(CC(C)C)c2ccccc2-4)cc1C. The number of aryl methyl sites for hydroxylation is 14. The summed E-state index contributed by atoms with van der Waals surface area (Å²) in [5.41, 5.74) is 51.9. The van der Waals surface area contributed by atoms with E-state index < -0.39 is 0 Å². The minimum atomic E-state index is -0.172. The van der Waals surface area contributed by atoms with Crippen LogP contribution >= 0.6 is 0 Å². The molecule has 10 nitrogen and oxygen atoms in total. The van der Waals surface area contributed by atoms with Gasteiger partial charge in [0, 0.05) is 123 Å². The van der Waals surface area contributed by atoms with E-state index in [1.807, 2.05) is 6.20 Å². The smallest absolute Gasteiger partial charge is 0.227 e.